The summed E-state index contributed by atoms with van der Waals surface area (Å²) in [5, 5.41) is 3.89. The predicted octanol–water partition coefficient (Wildman–Crippen LogP) is 3.95. The van der Waals surface area contributed by atoms with Gasteiger partial charge in [-0.15, -0.1) is 0 Å². The number of carbonyl (C=O) groups excluding carboxylic acids is 1. The Balaban J connectivity index is 1.44. The first-order valence-electron chi connectivity index (χ1n) is 8.66. The standard InChI is InChI=1S/C20H21BrFN3O/c21-18-7-5-15(6-8-18)14-25-11-9-16(10-12-25)20(26)24-23-13-17-3-1-2-4-19(17)22/h1-8,13,16H,9-12,14H2,(H,24,26). The number of hydrogen-bond donors (Lipinski definition) is 1. The van der Waals surface area contributed by atoms with E-state index in [0.29, 0.717) is 5.56 Å². The molecule has 0 bridgehead atoms. The minimum absolute atomic E-state index is 0.0473. The summed E-state index contributed by atoms with van der Waals surface area (Å²) in [5.41, 5.74) is 4.17. The lowest BCUT2D eigenvalue weighted by molar-refractivity contribution is -0.126. The summed E-state index contributed by atoms with van der Waals surface area (Å²) >= 11 is 3.44. The molecule has 2 aromatic carbocycles. The van der Waals surface area contributed by atoms with Crippen LogP contribution in [-0.2, 0) is 11.3 Å². The number of nitrogens with one attached hydrogen (secondary N) is 1. The third-order valence-electron chi connectivity index (χ3n) is 4.56. The Labute approximate surface area is 161 Å². The fourth-order valence-corrected chi connectivity index (χ4v) is 3.30. The van der Waals surface area contributed by atoms with Crippen molar-refractivity contribution < 1.29 is 9.18 Å². The van der Waals surface area contributed by atoms with Gasteiger partial charge in [0.25, 0.3) is 0 Å². The normalized spacial score (nSPS) is 16.1. The lowest BCUT2D eigenvalue weighted by atomic mass is 9.96. The molecule has 1 aliphatic heterocycles. The van der Waals surface area contributed by atoms with E-state index in [0.717, 1.165) is 36.9 Å². The summed E-state index contributed by atoms with van der Waals surface area (Å²) in [6.45, 7) is 2.66. The average molecular weight is 418 g/mol. The first-order chi connectivity index (χ1) is 12.6. The highest BCUT2D eigenvalue weighted by atomic mass is 79.9. The molecule has 1 saturated heterocycles. The van der Waals surface area contributed by atoms with Gasteiger partial charge in [0.05, 0.1) is 6.21 Å². The molecule has 26 heavy (non-hydrogen) atoms. The zero-order valence-corrected chi connectivity index (χ0v) is 16.0. The fourth-order valence-electron chi connectivity index (χ4n) is 3.04. The molecule has 3 rings (SSSR count). The number of hydrazone groups is 1. The van der Waals surface area contributed by atoms with Crippen molar-refractivity contribution in [2.24, 2.45) is 11.0 Å². The molecule has 0 saturated carbocycles. The molecular weight excluding hydrogens is 397 g/mol. The summed E-state index contributed by atoms with van der Waals surface area (Å²) in [6, 6.07) is 14.6. The topological polar surface area (TPSA) is 44.7 Å². The highest BCUT2D eigenvalue weighted by molar-refractivity contribution is 9.10. The largest absolute Gasteiger partial charge is 0.299 e. The van der Waals surface area contributed by atoms with Gasteiger partial charge in [0.1, 0.15) is 5.82 Å². The summed E-state index contributed by atoms with van der Waals surface area (Å²) in [7, 11) is 0. The average Bonchev–Trinajstić information content (AvgIpc) is 2.66. The molecular formula is C20H21BrFN3O. The van der Waals surface area contributed by atoms with E-state index in [2.05, 4.69) is 43.5 Å². The van der Waals surface area contributed by atoms with Crippen LogP contribution in [0, 0.1) is 11.7 Å². The molecule has 1 N–H and O–H groups in total. The van der Waals surface area contributed by atoms with E-state index in [4.69, 9.17) is 0 Å². The first-order valence-corrected chi connectivity index (χ1v) is 9.45. The van der Waals surface area contributed by atoms with E-state index < -0.39 is 0 Å². The molecule has 0 spiro atoms. The van der Waals surface area contributed by atoms with Gasteiger partial charge < -0.3 is 0 Å². The number of rotatable bonds is 5. The van der Waals surface area contributed by atoms with Gasteiger partial charge in [-0.2, -0.15) is 5.10 Å². The van der Waals surface area contributed by atoms with Crippen LogP contribution in [0.4, 0.5) is 4.39 Å². The van der Waals surface area contributed by atoms with Gasteiger partial charge in [-0.1, -0.05) is 46.3 Å². The highest BCUT2D eigenvalue weighted by Crippen LogP contribution is 2.20. The molecule has 1 amide bonds. The second kappa shape index (κ2) is 9.05. The summed E-state index contributed by atoms with van der Waals surface area (Å²) in [5.74, 6) is -0.499. The van der Waals surface area contributed by atoms with Crippen LogP contribution >= 0.6 is 15.9 Å². The Morgan fingerprint density at radius 3 is 2.58 bits per heavy atom. The van der Waals surface area contributed by atoms with Crippen molar-refractivity contribution in [2.45, 2.75) is 19.4 Å². The van der Waals surface area contributed by atoms with Crippen molar-refractivity contribution >= 4 is 28.1 Å². The van der Waals surface area contributed by atoms with E-state index in [-0.39, 0.29) is 17.6 Å². The molecule has 4 nitrogen and oxygen atoms in total. The molecule has 0 radical (unpaired) electrons. The van der Waals surface area contributed by atoms with Crippen molar-refractivity contribution in [1.82, 2.24) is 10.3 Å². The molecule has 0 aromatic heterocycles. The van der Waals surface area contributed by atoms with Gasteiger partial charge in [-0.05, 0) is 49.7 Å². The maximum Gasteiger partial charge on any atom is 0.243 e. The maximum atomic E-state index is 13.5. The molecule has 0 atom stereocenters. The zero-order chi connectivity index (χ0) is 18.4. The lowest BCUT2D eigenvalue weighted by Gasteiger charge is -2.30. The molecule has 2 aromatic rings. The number of halogens is 2. The molecule has 1 aliphatic rings. The summed E-state index contributed by atoms with van der Waals surface area (Å²) in [4.78, 5) is 14.6. The minimum atomic E-state index is -0.355. The van der Waals surface area contributed by atoms with Crippen LogP contribution in [0.5, 0.6) is 0 Å². The Morgan fingerprint density at radius 1 is 1.19 bits per heavy atom. The van der Waals surface area contributed by atoms with E-state index >= 15 is 0 Å². The van der Waals surface area contributed by atoms with Crippen LogP contribution in [0.1, 0.15) is 24.0 Å². The number of piperidine rings is 1. The van der Waals surface area contributed by atoms with E-state index in [1.165, 1.54) is 17.8 Å². The Kier molecular flexibility index (Phi) is 6.52. The highest BCUT2D eigenvalue weighted by Gasteiger charge is 2.24. The van der Waals surface area contributed by atoms with Gasteiger partial charge in [0.2, 0.25) is 5.91 Å². The number of benzene rings is 2. The van der Waals surface area contributed by atoms with Crippen LogP contribution in [0.15, 0.2) is 58.1 Å². The lowest BCUT2D eigenvalue weighted by Crippen LogP contribution is -2.39. The smallest absolute Gasteiger partial charge is 0.243 e. The predicted molar refractivity (Wildman–Crippen MR) is 104 cm³/mol. The Morgan fingerprint density at radius 2 is 1.88 bits per heavy atom. The van der Waals surface area contributed by atoms with E-state index in [1.54, 1.807) is 18.2 Å². The number of amides is 1. The maximum absolute atomic E-state index is 13.5. The van der Waals surface area contributed by atoms with Crippen molar-refractivity contribution in [3.63, 3.8) is 0 Å². The van der Waals surface area contributed by atoms with Gasteiger partial charge in [-0.25, -0.2) is 9.82 Å². The number of hydrogen-bond acceptors (Lipinski definition) is 3. The fraction of sp³-hybridized carbons (Fsp3) is 0.300. The minimum Gasteiger partial charge on any atom is -0.299 e. The first kappa shape index (κ1) is 18.7. The van der Waals surface area contributed by atoms with Gasteiger partial charge in [-0.3, -0.25) is 9.69 Å². The molecule has 136 valence electrons. The second-order valence-electron chi connectivity index (χ2n) is 6.43. The number of nitrogens with zero attached hydrogens (tertiary/aromatic N) is 2. The zero-order valence-electron chi connectivity index (χ0n) is 14.4. The van der Waals surface area contributed by atoms with Gasteiger partial charge >= 0.3 is 0 Å². The Hall–Kier alpha value is -2.05. The van der Waals surface area contributed by atoms with Crippen LogP contribution < -0.4 is 5.43 Å². The molecule has 1 fully saturated rings. The third kappa shape index (κ3) is 5.22. The molecule has 1 heterocycles. The number of likely N-dealkylation sites (tertiary alicyclic amines) is 1. The van der Waals surface area contributed by atoms with Crippen molar-refractivity contribution in [1.29, 1.82) is 0 Å². The second-order valence-corrected chi connectivity index (χ2v) is 7.35. The molecule has 6 heteroatoms. The number of carbonyl (C=O) groups is 1. The van der Waals surface area contributed by atoms with Crippen LogP contribution in [0.3, 0.4) is 0 Å². The van der Waals surface area contributed by atoms with E-state index in [1.807, 2.05) is 12.1 Å². The quantitative estimate of drug-likeness (QED) is 0.591. The molecule has 0 unspecified atom stereocenters. The van der Waals surface area contributed by atoms with Crippen molar-refractivity contribution in [2.75, 3.05) is 13.1 Å². The SMILES string of the molecule is O=C(NN=Cc1ccccc1F)C1CCN(Cc2ccc(Br)cc2)CC1. The van der Waals surface area contributed by atoms with Crippen molar-refractivity contribution in [3.8, 4) is 0 Å². The third-order valence-corrected chi connectivity index (χ3v) is 5.09. The summed E-state index contributed by atoms with van der Waals surface area (Å²) in [6.07, 6.45) is 2.95. The van der Waals surface area contributed by atoms with Crippen molar-refractivity contribution in [3.05, 3.63) is 69.9 Å². The summed E-state index contributed by atoms with van der Waals surface area (Å²) < 4.78 is 14.6. The van der Waals surface area contributed by atoms with Crippen LogP contribution in [-0.4, -0.2) is 30.1 Å². The van der Waals surface area contributed by atoms with Gasteiger partial charge in [0.15, 0.2) is 0 Å². The van der Waals surface area contributed by atoms with E-state index in [9.17, 15) is 9.18 Å². The van der Waals surface area contributed by atoms with Crippen LogP contribution in [0.25, 0.3) is 0 Å². The van der Waals surface area contributed by atoms with Gasteiger partial charge in [0, 0.05) is 22.5 Å². The van der Waals surface area contributed by atoms with Crippen LogP contribution in [0.2, 0.25) is 0 Å². The Bertz CT molecular complexity index is 771. The monoisotopic (exact) mass is 417 g/mol. The molecule has 0 aliphatic carbocycles.